The smallest absolute Gasteiger partial charge is 0.226 e. The molecule has 1 saturated heterocycles. The van der Waals surface area contributed by atoms with Crippen LogP contribution in [0.5, 0.6) is 0 Å². The van der Waals surface area contributed by atoms with E-state index in [4.69, 9.17) is 16.1 Å². The molecule has 6 heteroatoms. The maximum atomic E-state index is 5.87. The van der Waals surface area contributed by atoms with Gasteiger partial charge in [0.1, 0.15) is 0 Å². The number of nitrogens with one attached hydrogen (secondary N) is 1. The van der Waals surface area contributed by atoms with Gasteiger partial charge in [-0.05, 0) is 56.1 Å². The second-order valence-electron chi connectivity index (χ2n) is 5.24. The summed E-state index contributed by atoms with van der Waals surface area (Å²) in [6.45, 7) is 2.25. The van der Waals surface area contributed by atoms with Crippen molar-refractivity contribution in [1.29, 1.82) is 0 Å². The van der Waals surface area contributed by atoms with Crippen LogP contribution < -0.4 is 5.32 Å². The lowest BCUT2D eigenvalue weighted by Gasteiger charge is -2.03. The van der Waals surface area contributed by atoms with Gasteiger partial charge in [0.15, 0.2) is 5.82 Å². The van der Waals surface area contributed by atoms with Gasteiger partial charge in [0.2, 0.25) is 5.89 Å². The van der Waals surface area contributed by atoms with Crippen LogP contribution in [0.2, 0.25) is 5.02 Å². The van der Waals surface area contributed by atoms with Gasteiger partial charge in [-0.15, -0.1) is 11.8 Å². The molecule has 1 N–H and O–H groups in total. The number of aromatic nitrogens is 2. The van der Waals surface area contributed by atoms with E-state index < -0.39 is 0 Å². The molecule has 0 amide bonds. The molecule has 21 heavy (non-hydrogen) atoms. The Morgan fingerprint density at radius 1 is 1.33 bits per heavy atom. The fourth-order valence-corrected chi connectivity index (χ4v) is 3.28. The van der Waals surface area contributed by atoms with Gasteiger partial charge >= 0.3 is 0 Å². The predicted octanol–water partition coefficient (Wildman–Crippen LogP) is 3.56. The molecular formula is C15H18ClN3OS. The third-order valence-corrected chi connectivity index (χ3v) is 4.88. The fraction of sp³-hybridized carbons (Fsp3) is 0.467. The van der Waals surface area contributed by atoms with Crippen LogP contribution in [0.1, 0.15) is 24.6 Å². The SMILES string of the molecule is Clc1ccc(SCc2noc(CCC3CCNC3)n2)cc1. The minimum atomic E-state index is 0.718. The van der Waals surface area contributed by atoms with Gasteiger partial charge in [-0.3, -0.25) is 0 Å². The first-order valence-corrected chi connectivity index (χ1v) is 8.56. The lowest BCUT2D eigenvalue weighted by atomic mass is 10.0. The quantitative estimate of drug-likeness (QED) is 0.824. The lowest BCUT2D eigenvalue weighted by molar-refractivity contribution is 0.361. The van der Waals surface area contributed by atoms with Crippen molar-refractivity contribution in [3.05, 3.63) is 41.0 Å². The van der Waals surface area contributed by atoms with Crippen LogP contribution in [0.3, 0.4) is 0 Å². The minimum absolute atomic E-state index is 0.718. The summed E-state index contributed by atoms with van der Waals surface area (Å²) in [7, 11) is 0. The second-order valence-corrected chi connectivity index (χ2v) is 6.73. The maximum Gasteiger partial charge on any atom is 0.226 e. The Labute approximate surface area is 133 Å². The van der Waals surface area contributed by atoms with E-state index in [0.29, 0.717) is 0 Å². The molecule has 0 spiro atoms. The molecule has 1 aromatic carbocycles. The highest BCUT2D eigenvalue weighted by Crippen LogP contribution is 2.23. The van der Waals surface area contributed by atoms with E-state index in [1.54, 1.807) is 11.8 Å². The minimum Gasteiger partial charge on any atom is -0.339 e. The maximum absolute atomic E-state index is 5.87. The molecule has 3 rings (SSSR count). The van der Waals surface area contributed by atoms with Crippen molar-refractivity contribution in [2.24, 2.45) is 5.92 Å². The first-order valence-electron chi connectivity index (χ1n) is 7.20. The average Bonchev–Trinajstić information content (AvgIpc) is 3.16. The van der Waals surface area contributed by atoms with Gasteiger partial charge in [-0.2, -0.15) is 4.98 Å². The topological polar surface area (TPSA) is 51.0 Å². The van der Waals surface area contributed by atoms with Gasteiger partial charge in [0, 0.05) is 16.3 Å². The van der Waals surface area contributed by atoms with Crippen LogP contribution in [-0.4, -0.2) is 23.2 Å². The molecule has 112 valence electrons. The Kier molecular flexibility index (Phi) is 5.17. The number of halogens is 1. The normalized spacial score (nSPS) is 18.2. The Bertz CT molecular complexity index is 567. The summed E-state index contributed by atoms with van der Waals surface area (Å²) >= 11 is 7.55. The zero-order valence-electron chi connectivity index (χ0n) is 11.7. The Hall–Kier alpha value is -1.04. The summed E-state index contributed by atoms with van der Waals surface area (Å²) in [5.41, 5.74) is 0. The Balaban J connectivity index is 1.46. The van der Waals surface area contributed by atoms with E-state index in [1.165, 1.54) is 6.42 Å². The molecule has 1 aromatic heterocycles. The molecule has 1 aliphatic heterocycles. The molecule has 2 heterocycles. The third kappa shape index (κ3) is 4.46. The summed E-state index contributed by atoms with van der Waals surface area (Å²) in [5.74, 6) is 2.99. The number of rotatable bonds is 6. The fourth-order valence-electron chi connectivity index (χ4n) is 2.42. The van der Waals surface area contributed by atoms with E-state index in [9.17, 15) is 0 Å². The first-order chi connectivity index (χ1) is 10.3. The van der Waals surface area contributed by atoms with Crippen molar-refractivity contribution in [2.45, 2.75) is 29.9 Å². The summed E-state index contributed by atoms with van der Waals surface area (Å²) in [4.78, 5) is 5.61. The molecule has 1 unspecified atom stereocenters. The van der Waals surface area contributed by atoms with Crippen molar-refractivity contribution in [3.63, 3.8) is 0 Å². The van der Waals surface area contributed by atoms with Gasteiger partial charge in [-0.1, -0.05) is 16.8 Å². The number of hydrogen-bond acceptors (Lipinski definition) is 5. The monoisotopic (exact) mass is 323 g/mol. The highest BCUT2D eigenvalue weighted by molar-refractivity contribution is 7.98. The highest BCUT2D eigenvalue weighted by atomic mass is 35.5. The van der Waals surface area contributed by atoms with Crippen LogP contribution in [0, 0.1) is 5.92 Å². The van der Waals surface area contributed by atoms with Crippen LogP contribution >= 0.6 is 23.4 Å². The number of thioether (sulfide) groups is 1. The summed E-state index contributed by atoms with van der Waals surface area (Å²) in [5, 5.41) is 8.17. The molecule has 2 aromatic rings. The summed E-state index contributed by atoms with van der Waals surface area (Å²) in [6, 6.07) is 7.78. The zero-order chi connectivity index (χ0) is 14.5. The third-order valence-electron chi connectivity index (χ3n) is 3.62. The Morgan fingerprint density at radius 2 is 2.19 bits per heavy atom. The zero-order valence-corrected chi connectivity index (χ0v) is 13.3. The molecule has 1 aliphatic rings. The Morgan fingerprint density at radius 3 is 2.95 bits per heavy atom. The van der Waals surface area contributed by atoms with Crippen LogP contribution in [0.4, 0.5) is 0 Å². The summed E-state index contributed by atoms with van der Waals surface area (Å²) < 4.78 is 5.32. The molecular weight excluding hydrogens is 306 g/mol. The van der Waals surface area contributed by atoms with Gasteiger partial charge < -0.3 is 9.84 Å². The standard InChI is InChI=1S/C15H18ClN3OS/c16-12-2-4-13(5-3-12)21-10-14-18-15(20-19-14)6-1-11-7-8-17-9-11/h2-5,11,17H,1,6-10H2. The van der Waals surface area contributed by atoms with E-state index in [1.807, 2.05) is 24.3 Å². The van der Waals surface area contributed by atoms with E-state index >= 15 is 0 Å². The number of nitrogens with zero attached hydrogens (tertiary/aromatic N) is 2. The molecule has 0 radical (unpaired) electrons. The second kappa shape index (κ2) is 7.29. The van der Waals surface area contributed by atoms with Crippen molar-refractivity contribution in [3.8, 4) is 0 Å². The van der Waals surface area contributed by atoms with Gasteiger partial charge in [0.25, 0.3) is 0 Å². The summed E-state index contributed by atoms with van der Waals surface area (Å²) in [6.07, 6.45) is 3.26. The molecule has 1 fully saturated rings. The lowest BCUT2D eigenvalue weighted by Crippen LogP contribution is -2.09. The van der Waals surface area contributed by atoms with Crippen LogP contribution in [0.15, 0.2) is 33.7 Å². The van der Waals surface area contributed by atoms with Crippen LogP contribution in [0.25, 0.3) is 0 Å². The molecule has 1 atom stereocenters. The predicted molar refractivity (Wildman–Crippen MR) is 84.6 cm³/mol. The number of aryl methyl sites for hydroxylation is 1. The average molecular weight is 324 g/mol. The van der Waals surface area contributed by atoms with Gasteiger partial charge in [-0.25, -0.2) is 0 Å². The van der Waals surface area contributed by atoms with Crippen LogP contribution in [-0.2, 0) is 12.2 Å². The first kappa shape index (κ1) is 14.9. The molecule has 4 nitrogen and oxygen atoms in total. The van der Waals surface area contributed by atoms with Crippen molar-refractivity contribution >= 4 is 23.4 Å². The van der Waals surface area contributed by atoms with Gasteiger partial charge in [0.05, 0.1) is 5.75 Å². The number of hydrogen-bond donors (Lipinski definition) is 1. The molecule has 0 saturated carbocycles. The largest absolute Gasteiger partial charge is 0.339 e. The van der Waals surface area contributed by atoms with Crippen molar-refractivity contribution in [1.82, 2.24) is 15.5 Å². The van der Waals surface area contributed by atoms with E-state index in [2.05, 4.69) is 15.5 Å². The molecule has 0 bridgehead atoms. The van der Waals surface area contributed by atoms with Crippen molar-refractivity contribution in [2.75, 3.05) is 13.1 Å². The molecule has 0 aliphatic carbocycles. The number of benzene rings is 1. The van der Waals surface area contributed by atoms with E-state index in [-0.39, 0.29) is 0 Å². The highest BCUT2D eigenvalue weighted by Gasteiger charge is 2.16. The van der Waals surface area contributed by atoms with Crippen molar-refractivity contribution < 1.29 is 4.52 Å². The van der Waals surface area contributed by atoms with E-state index in [0.717, 1.165) is 59.2 Å².